The van der Waals surface area contributed by atoms with Crippen molar-refractivity contribution in [3.8, 4) is 0 Å². The highest BCUT2D eigenvalue weighted by Gasteiger charge is 2.05. The number of hydrogen-bond donors (Lipinski definition) is 0. The maximum absolute atomic E-state index is 4.37. The second kappa shape index (κ2) is 9.62. The van der Waals surface area contributed by atoms with Crippen molar-refractivity contribution in [1.29, 1.82) is 0 Å². The van der Waals surface area contributed by atoms with Gasteiger partial charge in [0.05, 0.1) is 22.8 Å². The topological polar surface area (TPSA) is 61.8 Å². The molecule has 2 aliphatic rings. The van der Waals surface area contributed by atoms with E-state index in [0.717, 1.165) is 22.8 Å². The van der Waals surface area contributed by atoms with Gasteiger partial charge in [-0.15, -0.1) is 0 Å². The van der Waals surface area contributed by atoms with E-state index in [4.69, 9.17) is 0 Å². The second-order valence-corrected chi connectivity index (χ2v) is 5.97. The van der Waals surface area contributed by atoms with E-state index < -0.39 is 0 Å². The van der Waals surface area contributed by atoms with E-state index in [2.05, 4.69) is 83.2 Å². The molecule has 0 aromatic carbocycles. The van der Waals surface area contributed by atoms with Crippen LogP contribution in [0.15, 0.2) is 95.8 Å². The van der Waals surface area contributed by atoms with Gasteiger partial charge in [0.25, 0.3) is 0 Å². The summed E-state index contributed by atoms with van der Waals surface area (Å²) in [5.41, 5.74) is 3.34. The van der Waals surface area contributed by atoms with Gasteiger partial charge in [0.15, 0.2) is 16.3 Å². The van der Waals surface area contributed by atoms with Crippen LogP contribution in [-0.4, -0.2) is 37.9 Å². The van der Waals surface area contributed by atoms with Crippen molar-refractivity contribution in [2.75, 3.05) is 0 Å². The average molecular weight is 345 g/mol. The molecule has 116 valence electrons. The summed E-state index contributed by atoms with van der Waals surface area (Å²) in [6.07, 6.45) is 15.8. The molecule has 24 heavy (non-hydrogen) atoms. The normalized spacial score (nSPS) is 24.8. The molecule has 0 aliphatic heterocycles. The first-order valence-corrected chi connectivity index (χ1v) is 8.79. The largest absolute Gasteiger partial charge is 0.386 e. The third kappa shape index (κ3) is 6.11. The Morgan fingerprint density at radius 1 is 0.750 bits per heavy atom. The first kappa shape index (κ1) is 18.7. The lowest BCUT2D eigenvalue weighted by molar-refractivity contribution is 0.904. The molecule has 0 amide bonds. The van der Waals surface area contributed by atoms with E-state index in [1.165, 1.54) is 0 Å². The lowest BCUT2D eigenvalue weighted by atomic mass is 10.1. The third-order valence-corrected chi connectivity index (χ3v) is 3.53. The number of azo groups is 1. The molecule has 2 aliphatic carbocycles. The number of nitrogens with zero attached hydrogens (tertiary/aromatic N) is 5. The Kier molecular flexibility index (Phi) is 7.50. The Morgan fingerprint density at radius 2 is 1.17 bits per heavy atom. The number of hydrogen-bond acceptors (Lipinski definition) is 5. The number of rotatable bonds is 4. The number of aliphatic imine (C=N–C) groups is 1. The van der Waals surface area contributed by atoms with Crippen LogP contribution < -0.4 is 0 Å². The third-order valence-electron chi connectivity index (χ3n) is 3.26. The quantitative estimate of drug-likeness (QED) is 0.418. The zero-order valence-electron chi connectivity index (χ0n) is 13.7. The summed E-state index contributed by atoms with van der Waals surface area (Å²) >= 11 is 4.71. The van der Waals surface area contributed by atoms with Crippen molar-refractivity contribution in [1.82, 2.24) is 0 Å². The van der Waals surface area contributed by atoms with Gasteiger partial charge in [-0.3, -0.25) is 4.99 Å². The van der Waals surface area contributed by atoms with Crippen molar-refractivity contribution in [3.63, 3.8) is 0 Å². The molecular weight excluding hydrogens is 328 g/mol. The van der Waals surface area contributed by atoms with Crippen LogP contribution in [0.5, 0.6) is 0 Å². The number of allylic oxidation sites excluding steroid dienone is 8. The average Bonchev–Trinajstić information content (AvgIpc) is 2.82. The Hall–Kier alpha value is -1.63. The fraction of sp³-hybridized carbons (Fsp3) is 0.235. The molecule has 0 bridgehead atoms. The minimum Gasteiger partial charge on any atom is -0.345 e. The van der Waals surface area contributed by atoms with E-state index >= 15 is 0 Å². The summed E-state index contributed by atoms with van der Waals surface area (Å²) in [7, 11) is 0. The molecule has 0 heterocycles. The molecule has 0 saturated heterocycles. The molecule has 2 unspecified atom stereocenters. The highest BCUT2D eigenvalue weighted by molar-refractivity contribution is 6.49. The maximum Gasteiger partial charge on any atom is 0.386 e. The Bertz CT molecular complexity index is 674. The summed E-state index contributed by atoms with van der Waals surface area (Å²) in [5.74, 6) is 0.452. The molecule has 2 rings (SSSR count). The van der Waals surface area contributed by atoms with Crippen molar-refractivity contribution < 1.29 is 0 Å². The first-order chi connectivity index (χ1) is 11.6. The van der Waals surface area contributed by atoms with Gasteiger partial charge >= 0.3 is 16.5 Å². The lowest BCUT2D eigenvalue weighted by Crippen LogP contribution is -1.85. The first-order valence-electron chi connectivity index (χ1n) is 7.61. The Labute approximate surface area is 159 Å². The van der Waals surface area contributed by atoms with E-state index in [-0.39, 0.29) is 11.8 Å². The lowest BCUT2D eigenvalue weighted by Gasteiger charge is -1.99. The van der Waals surface area contributed by atoms with E-state index in [1.54, 1.807) is 5.08 Å². The molecule has 0 fully saturated rings. The molecule has 0 aromatic heterocycles. The van der Waals surface area contributed by atoms with Gasteiger partial charge in [-0.1, -0.05) is 43.2 Å². The second-order valence-electron chi connectivity index (χ2n) is 5.44. The smallest absolute Gasteiger partial charge is 0.345 e. The van der Waals surface area contributed by atoms with Crippen molar-refractivity contribution in [3.05, 3.63) is 71.4 Å². The van der Waals surface area contributed by atoms with Crippen LogP contribution in [-0.2, 0) is 0 Å². The minimum atomic E-state index is 0.210. The van der Waals surface area contributed by atoms with Crippen molar-refractivity contribution in [2.24, 2.45) is 36.3 Å². The van der Waals surface area contributed by atoms with Crippen LogP contribution in [0.2, 0.25) is 0 Å². The molecule has 4 radical (unpaired) electrons. The summed E-state index contributed by atoms with van der Waals surface area (Å²) in [4.78, 5) is 4.28. The highest BCUT2D eigenvalue weighted by Crippen LogP contribution is 2.20. The summed E-state index contributed by atoms with van der Waals surface area (Å²) in [6, 6.07) is 0. The van der Waals surface area contributed by atoms with Gasteiger partial charge < -0.3 is 4.10 Å². The summed E-state index contributed by atoms with van der Waals surface area (Å²) in [5, 5.41) is 14.5. The van der Waals surface area contributed by atoms with Gasteiger partial charge in [-0.05, 0) is 36.1 Å². The van der Waals surface area contributed by atoms with Crippen LogP contribution in [0.25, 0.3) is 0 Å². The fourth-order valence-corrected chi connectivity index (χ4v) is 2.60. The van der Waals surface area contributed by atoms with Crippen LogP contribution in [0.1, 0.15) is 13.8 Å². The SMILES string of the molecule is CC1C=C(N=[CH][Al])C=CC(N=NC2=CC(C)C=C(N=[N][Al])C=C2)=C1. The molecule has 0 spiro atoms. The summed E-state index contributed by atoms with van der Waals surface area (Å²) in [6.45, 7) is 4.17. The monoisotopic (exact) mass is 345 g/mol. The van der Waals surface area contributed by atoms with Gasteiger partial charge in [0, 0.05) is 0 Å². The molecule has 2 atom stereocenters. The fourth-order valence-electron chi connectivity index (χ4n) is 2.29. The van der Waals surface area contributed by atoms with Gasteiger partial charge in [-0.25, -0.2) is 0 Å². The predicted octanol–water partition coefficient (Wildman–Crippen LogP) is 4.12. The maximum atomic E-state index is 4.37. The predicted molar refractivity (Wildman–Crippen MR) is 98.7 cm³/mol. The van der Waals surface area contributed by atoms with E-state index in [0.29, 0.717) is 0 Å². The van der Waals surface area contributed by atoms with Gasteiger partial charge in [0.2, 0.25) is 0 Å². The van der Waals surface area contributed by atoms with Crippen LogP contribution in [0.4, 0.5) is 0 Å². The highest BCUT2D eigenvalue weighted by atomic mass is 27.1. The van der Waals surface area contributed by atoms with Gasteiger partial charge in [0.1, 0.15) is 0 Å². The molecule has 0 saturated carbocycles. The Morgan fingerprint density at radius 3 is 1.62 bits per heavy atom. The molecule has 0 aromatic rings. The summed E-state index contributed by atoms with van der Waals surface area (Å²) < 4.78 is 3.73. The molecule has 7 heteroatoms. The molecule has 0 N–H and O–H groups in total. The van der Waals surface area contributed by atoms with Crippen molar-refractivity contribution >= 4 is 37.9 Å². The van der Waals surface area contributed by atoms with E-state index in [9.17, 15) is 0 Å². The zero-order chi connectivity index (χ0) is 17.4. The van der Waals surface area contributed by atoms with Crippen LogP contribution in [0, 0.1) is 11.8 Å². The standard InChI is InChI=1S/C17H17N5.2Al/c1-12-8-14(19-3)4-6-16(10-12)21-22-17-7-5-15(20-18)9-13(2)11-17;;/h3-13H,1-2H3;;/q-1;;+1. The zero-order valence-corrected chi connectivity index (χ0v) is 16.1. The van der Waals surface area contributed by atoms with Crippen molar-refractivity contribution in [2.45, 2.75) is 13.8 Å². The van der Waals surface area contributed by atoms with E-state index in [1.807, 2.05) is 36.5 Å². The minimum absolute atomic E-state index is 0.210. The molecular formula is C17H17Al2N5. The van der Waals surface area contributed by atoms with Gasteiger partial charge in [-0.2, -0.15) is 15.3 Å². The molecule has 5 nitrogen and oxygen atoms in total. The Balaban J connectivity index is 2.14. The van der Waals surface area contributed by atoms with Crippen LogP contribution >= 0.6 is 0 Å². The van der Waals surface area contributed by atoms with Crippen LogP contribution in [0.3, 0.4) is 0 Å².